The Labute approximate surface area is 89.6 Å². The Hall–Kier alpha value is -0.910. The number of methoxy groups -OCH3 is 1. The highest BCUT2D eigenvalue weighted by Gasteiger charge is 2.14. The monoisotopic (exact) mass is 227 g/mol. The van der Waals surface area contributed by atoms with Crippen LogP contribution in [0.2, 0.25) is 0 Å². The molecule has 0 saturated carbocycles. The van der Waals surface area contributed by atoms with E-state index >= 15 is 0 Å². The molecule has 0 aromatic carbocycles. The molecule has 0 bridgehead atoms. The molecule has 0 aliphatic carbocycles. The molecule has 1 unspecified atom stereocenters. The fourth-order valence-corrected chi connectivity index (χ4v) is 2.43. The van der Waals surface area contributed by atoms with Crippen molar-refractivity contribution in [3.63, 3.8) is 0 Å². The van der Waals surface area contributed by atoms with Gasteiger partial charge in [0.1, 0.15) is 6.10 Å². The number of thiophene rings is 1. The van der Waals surface area contributed by atoms with Crippen molar-refractivity contribution < 1.29 is 9.84 Å². The summed E-state index contributed by atoms with van der Waals surface area (Å²) in [5.74, 6) is 0. The van der Waals surface area contributed by atoms with Crippen LogP contribution in [0, 0.1) is 0 Å². The van der Waals surface area contributed by atoms with Crippen molar-refractivity contribution in [2.75, 3.05) is 7.11 Å². The lowest BCUT2D eigenvalue weighted by Gasteiger charge is -2.03. The Bertz CT molecular complexity index is 397. The first-order valence-electron chi connectivity index (χ1n) is 4.01. The lowest BCUT2D eigenvalue weighted by atomic mass is 10.1. The summed E-state index contributed by atoms with van der Waals surface area (Å²) in [6, 6.07) is 1.89. The van der Waals surface area contributed by atoms with Crippen LogP contribution in [0.3, 0.4) is 0 Å². The summed E-state index contributed by atoms with van der Waals surface area (Å²) in [5, 5.41) is 16.1. The van der Waals surface area contributed by atoms with E-state index in [1.54, 1.807) is 23.8 Å². The van der Waals surface area contributed by atoms with Gasteiger partial charge in [-0.2, -0.15) is 11.3 Å². The van der Waals surface area contributed by atoms with E-state index in [9.17, 15) is 5.11 Å². The smallest absolute Gasteiger partial charge is 0.273 e. The maximum Gasteiger partial charge on any atom is 0.273 e. The van der Waals surface area contributed by atoms with Crippen molar-refractivity contribution >= 4 is 22.7 Å². The van der Waals surface area contributed by atoms with E-state index in [-0.39, 0.29) is 0 Å². The predicted molar refractivity (Wildman–Crippen MR) is 57.0 cm³/mol. The van der Waals surface area contributed by atoms with Gasteiger partial charge in [-0.25, -0.2) is 4.98 Å². The van der Waals surface area contributed by atoms with E-state index in [1.165, 1.54) is 11.3 Å². The van der Waals surface area contributed by atoms with Gasteiger partial charge >= 0.3 is 0 Å². The molecule has 14 heavy (non-hydrogen) atoms. The van der Waals surface area contributed by atoms with Crippen LogP contribution in [0.1, 0.15) is 17.4 Å². The molecule has 2 aromatic rings. The third-order valence-corrected chi connectivity index (χ3v) is 3.33. The maximum atomic E-state index is 9.88. The van der Waals surface area contributed by atoms with E-state index < -0.39 is 6.10 Å². The summed E-state index contributed by atoms with van der Waals surface area (Å²) in [4.78, 5) is 4.14. The molecule has 2 heterocycles. The number of thiazole rings is 1. The molecule has 74 valence electrons. The zero-order valence-electron chi connectivity index (χ0n) is 7.51. The molecule has 1 N–H and O–H groups in total. The highest BCUT2D eigenvalue weighted by molar-refractivity contribution is 7.11. The summed E-state index contributed by atoms with van der Waals surface area (Å²) < 4.78 is 4.96. The van der Waals surface area contributed by atoms with Gasteiger partial charge < -0.3 is 9.84 Å². The van der Waals surface area contributed by atoms with Gasteiger partial charge in [-0.15, -0.1) is 0 Å². The molecule has 0 spiro atoms. The number of aliphatic hydroxyl groups is 1. The van der Waals surface area contributed by atoms with Crippen LogP contribution in [-0.4, -0.2) is 17.2 Å². The first-order chi connectivity index (χ1) is 6.81. The molecule has 0 aliphatic rings. The van der Waals surface area contributed by atoms with E-state index in [0.29, 0.717) is 10.9 Å². The van der Waals surface area contributed by atoms with Gasteiger partial charge in [0.25, 0.3) is 5.19 Å². The van der Waals surface area contributed by atoms with Crippen molar-refractivity contribution in [3.05, 3.63) is 33.5 Å². The fourth-order valence-electron chi connectivity index (χ4n) is 1.09. The molecular formula is C9H9NO2S2. The fraction of sp³-hybridized carbons (Fsp3) is 0.222. The average Bonchev–Trinajstić information content (AvgIpc) is 2.88. The topological polar surface area (TPSA) is 42.4 Å². The second-order valence-corrected chi connectivity index (χ2v) is 4.30. The third-order valence-electron chi connectivity index (χ3n) is 1.81. The van der Waals surface area contributed by atoms with Gasteiger partial charge in [-0.05, 0) is 22.4 Å². The van der Waals surface area contributed by atoms with Crippen LogP contribution in [0.4, 0.5) is 0 Å². The Kier molecular flexibility index (Phi) is 2.81. The first-order valence-corrected chi connectivity index (χ1v) is 5.83. The Balaban J connectivity index is 2.23. The quantitative estimate of drug-likeness (QED) is 0.874. The standard InChI is InChI=1S/C9H9NO2S2/c1-12-9-10-7(5-14-9)8(11)6-2-3-13-4-6/h2-5,8,11H,1H3. The lowest BCUT2D eigenvalue weighted by Crippen LogP contribution is -1.98. The largest absolute Gasteiger partial charge is 0.473 e. The van der Waals surface area contributed by atoms with Crippen LogP contribution >= 0.6 is 22.7 Å². The van der Waals surface area contributed by atoms with Crippen LogP contribution in [0.25, 0.3) is 0 Å². The highest BCUT2D eigenvalue weighted by atomic mass is 32.1. The van der Waals surface area contributed by atoms with E-state index in [4.69, 9.17) is 4.74 Å². The van der Waals surface area contributed by atoms with E-state index in [0.717, 1.165) is 5.56 Å². The van der Waals surface area contributed by atoms with Crippen molar-refractivity contribution in [2.24, 2.45) is 0 Å². The Morgan fingerprint density at radius 3 is 2.93 bits per heavy atom. The average molecular weight is 227 g/mol. The predicted octanol–water partition coefficient (Wildman–Crippen LogP) is 2.29. The summed E-state index contributed by atoms with van der Waals surface area (Å²) in [7, 11) is 1.57. The minimum atomic E-state index is -0.638. The van der Waals surface area contributed by atoms with E-state index in [1.807, 2.05) is 16.8 Å². The molecule has 0 aliphatic heterocycles. The van der Waals surface area contributed by atoms with E-state index in [2.05, 4.69) is 4.98 Å². The lowest BCUT2D eigenvalue weighted by molar-refractivity contribution is 0.215. The van der Waals surface area contributed by atoms with Crippen molar-refractivity contribution in [1.82, 2.24) is 4.98 Å². The summed E-state index contributed by atoms with van der Waals surface area (Å²) in [5.41, 5.74) is 1.52. The minimum absolute atomic E-state index is 0.578. The number of aliphatic hydroxyl groups excluding tert-OH is 1. The van der Waals surface area contributed by atoms with Crippen LogP contribution in [-0.2, 0) is 0 Å². The molecule has 0 amide bonds. The molecule has 2 aromatic heterocycles. The normalized spacial score (nSPS) is 12.7. The van der Waals surface area contributed by atoms with Gasteiger partial charge in [-0.3, -0.25) is 0 Å². The molecule has 0 saturated heterocycles. The third kappa shape index (κ3) is 1.79. The number of nitrogens with zero attached hydrogens (tertiary/aromatic N) is 1. The number of aromatic nitrogens is 1. The molecule has 5 heteroatoms. The Morgan fingerprint density at radius 1 is 1.50 bits per heavy atom. The molecule has 0 radical (unpaired) electrons. The van der Waals surface area contributed by atoms with Crippen LogP contribution < -0.4 is 4.74 Å². The molecule has 2 rings (SSSR count). The number of ether oxygens (including phenoxy) is 1. The zero-order chi connectivity index (χ0) is 9.97. The van der Waals surface area contributed by atoms with Crippen LogP contribution in [0.5, 0.6) is 5.19 Å². The molecule has 1 atom stereocenters. The molecular weight excluding hydrogens is 218 g/mol. The van der Waals surface area contributed by atoms with Crippen LogP contribution in [0.15, 0.2) is 22.2 Å². The number of hydrogen-bond donors (Lipinski definition) is 1. The minimum Gasteiger partial charge on any atom is -0.473 e. The second-order valence-electron chi connectivity index (χ2n) is 2.70. The van der Waals surface area contributed by atoms with Gasteiger partial charge in [0.2, 0.25) is 0 Å². The van der Waals surface area contributed by atoms with Crippen molar-refractivity contribution in [3.8, 4) is 5.19 Å². The van der Waals surface area contributed by atoms with Crippen molar-refractivity contribution in [2.45, 2.75) is 6.10 Å². The number of rotatable bonds is 3. The second kappa shape index (κ2) is 4.08. The summed E-state index contributed by atoms with van der Waals surface area (Å²) >= 11 is 2.94. The molecule has 3 nitrogen and oxygen atoms in total. The Morgan fingerprint density at radius 2 is 2.36 bits per heavy atom. The SMILES string of the molecule is COc1nc(C(O)c2ccsc2)cs1. The van der Waals surface area contributed by atoms with Gasteiger partial charge in [0.05, 0.1) is 12.8 Å². The van der Waals surface area contributed by atoms with Gasteiger partial charge in [0.15, 0.2) is 0 Å². The number of hydrogen-bond acceptors (Lipinski definition) is 5. The zero-order valence-corrected chi connectivity index (χ0v) is 9.14. The van der Waals surface area contributed by atoms with Gasteiger partial charge in [-0.1, -0.05) is 11.3 Å². The summed E-state index contributed by atoms with van der Waals surface area (Å²) in [6.45, 7) is 0. The van der Waals surface area contributed by atoms with Crippen molar-refractivity contribution in [1.29, 1.82) is 0 Å². The van der Waals surface area contributed by atoms with Gasteiger partial charge in [0, 0.05) is 5.38 Å². The first kappa shape index (κ1) is 9.64. The molecule has 0 fully saturated rings. The maximum absolute atomic E-state index is 9.88. The highest BCUT2D eigenvalue weighted by Crippen LogP contribution is 2.27. The summed E-state index contributed by atoms with van der Waals surface area (Å²) in [6.07, 6.45) is -0.638.